The average Bonchev–Trinajstić information content (AvgIpc) is 2.42. The van der Waals surface area contributed by atoms with Gasteiger partial charge in [0.05, 0.1) is 5.41 Å². The molecule has 0 radical (unpaired) electrons. The third-order valence-corrected chi connectivity index (χ3v) is 3.88. The maximum Gasteiger partial charge on any atom is 0.143 e. The number of allylic oxidation sites excluding steroid dienone is 1. The summed E-state index contributed by atoms with van der Waals surface area (Å²) in [7, 11) is 0. The lowest BCUT2D eigenvalue weighted by Gasteiger charge is -2.31. The fourth-order valence-electron chi connectivity index (χ4n) is 2.62. The van der Waals surface area contributed by atoms with E-state index >= 15 is 0 Å². The molecule has 0 saturated heterocycles. The van der Waals surface area contributed by atoms with Gasteiger partial charge in [-0.2, -0.15) is 0 Å². The predicted octanol–water partition coefficient (Wildman–Crippen LogP) is 4.67. The van der Waals surface area contributed by atoms with Crippen molar-refractivity contribution < 1.29 is 4.79 Å². The lowest BCUT2D eigenvalue weighted by Crippen LogP contribution is -2.34. The highest BCUT2D eigenvalue weighted by Gasteiger charge is 2.35. The summed E-state index contributed by atoms with van der Waals surface area (Å²) in [5, 5.41) is 0. The quantitative estimate of drug-likeness (QED) is 0.480. The van der Waals surface area contributed by atoms with Crippen molar-refractivity contribution in [2.45, 2.75) is 51.4 Å². The van der Waals surface area contributed by atoms with E-state index in [2.05, 4.69) is 32.6 Å². The largest absolute Gasteiger partial charge is 0.299 e. The molecule has 1 rings (SSSR count). The van der Waals surface area contributed by atoms with Gasteiger partial charge in [0.1, 0.15) is 5.78 Å². The Morgan fingerprint density at radius 2 is 1.83 bits per heavy atom. The minimum atomic E-state index is -0.289. The SMILES string of the molecule is C=CCCCC(=O)C(CC)(CC)c1ccccc1. The first kappa shape index (κ1) is 14.7. The van der Waals surface area contributed by atoms with Gasteiger partial charge < -0.3 is 0 Å². The first-order valence-electron chi connectivity index (χ1n) is 6.91. The molecule has 0 fully saturated rings. The van der Waals surface area contributed by atoms with Crippen LogP contribution in [0.15, 0.2) is 43.0 Å². The molecule has 0 aliphatic heterocycles. The van der Waals surface area contributed by atoms with Gasteiger partial charge in [-0.25, -0.2) is 0 Å². The molecule has 0 heterocycles. The fraction of sp³-hybridized carbons (Fsp3) is 0.471. The fourth-order valence-corrected chi connectivity index (χ4v) is 2.62. The van der Waals surface area contributed by atoms with E-state index in [1.807, 2.05) is 24.3 Å². The number of rotatable bonds is 8. The number of unbranched alkanes of at least 4 members (excludes halogenated alkanes) is 1. The number of carbonyl (C=O) groups excluding carboxylic acids is 1. The first-order chi connectivity index (χ1) is 8.71. The maximum atomic E-state index is 12.6. The zero-order chi connectivity index (χ0) is 13.4. The van der Waals surface area contributed by atoms with Crippen molar-refractivity contribution in [3.8, 4) is 0 Å². The average molecular weight is 244 g/mol. The third kappa shape index (κ3) is 3.10. The van der Waals surface area contributed by atoms with Crippen molar-refractivity contribution in [1.29, 1.82) is 0 Å². The first-order valence-corrected chi connectivity index (χ1v) is 6.91. The van der Waals surface area contributed by atoms with E-state index in [-0.39, 0.29) is 5.41 Å². The number of Topliss-reactive ketones (excluding diaryl/α,β-unsaturated/α-hetero) is 1. The smallest absolute Gasteiger partial charge is 0.143 e. The summed E-state index contributed by atoms with van der Waals surface area (Å²) in [6.07, 6.45) is 6.12. The van der Waals surface area contributed by atoms with Crippen molar-refractivity contribution in [3.63, 3.8) is 0 Å². The zero-order valence-electron chi connectivity index (χ0n) is 11.6. The highest BCUT2D eigenvalue weighted by atomic mass is 16.1. The molecule has 0 saturated carbocycles. The Morgan fingerprint density at radius 1 is 1.22 bits per heavy atom. The molecule has 1 aromatic rings. The topological polar surface area (TPSA) is 17.1 Å². The molecule has 0 aromatic heterocycles. The molecular weight excluding hydrogens is 220 g/mol. The number of carbonyl (C=O) groups is 1. The predicted molar refractivity (Wildman–Crippen MR) is 77.8 cm³/mol. The van der Waals surface area contributed by atoms with Crippen molar-refractivity contribution in [3.05, 3.63) is 48.6 Å². The highest BCUT2D eigenvalue weighted by molar-refractivity contribution is 5.90. The Kier molecular flexibility index (Phi) is 5.84. The summed E-state index contributed by atoms with van der Waals surface area (Å²) in [5.41, 5.74) is 0.876. The van der Waals surface area contributed by atoms with E-state index in [0.717, 1.165) is 25.7 Å². The maximum absolute atomic E-state index is 12.6. The van der Waals surface area contributed by atoms with Crippen LogP contribution in [0.3, 0.4) is 0 Å². The van der Waals surface area contributed by atoms with E-state index in [9.17, 15) is 4.79 Å². The van der Waals surface area contributed by atoms with E-state index in [1.54, 1.807) is 0 Å². The van der Waals surface area contributed by atoms with Crippen LogP contribution in [0.25, 0.3) is 0 Å². The molecule has 0 spiro atoms. The van der Waals surface area contributed by atoms with Crippen LogP contribution < -0.4 is 0 Å². The summed E-state index contributed by atoms with van der Waals surface area (Å²) in [4.78, 5) is 12.6. The van der Waals surface area contributed by atoms with Crippen LogP contribution in [0.5, 0.6) is 0 Å². The highest BCUT2D eigenvalue weighted by Crippen LogP contribution is 2.34. The number of hydrogen-bond acceptors (Lipinski definition) is 1. The van der Waals surface area contributed by atoms with Crippen molar-refractivity contribution >= 4 is 5.78 Å². The summed E-state index contributed by atoms with van der Waals surface area (Å²) >= 11 is 0. The van der Waals surface area contributed by atoms with Crippen molar-refractivity contribution in [2.75, 3.05) is 0 Å². The Bertz CT molecular complexity index is 374. The molecule has 0 aliphatic rings. The minimum absolute atomic E-state index is 0.289. The van der Waals surface area contributed by atoms with Gasteiger partial charge in [0, 0.05) is 6.42 Å². The molecule has 0 atom stereocenters. The van der Waals surface area contributed by atoms with Gasteiger partial charge in [-0.05, 0) is 31.2 Å². The third-order valence-electron chi connectivity index (χ3n) is 3.88. The Labute approximate surface area is 111 Å². The Balaban J connectivity index is 2.93. The standard InChI is InChI=1S/C17H24O/c1-4-7-9-14-16(18)17(5-2,6-3)15-12-10-8-11-13-15/h4,8,10-13H,1,5-7,9,14H2,2-3H3. The molecule has 0 N–H and O–H groups in total. The normalized spacial score (nSPS) is 11.2. The van der Waals surface area contributed by atoms with Crippen LogP contribution in [0, 0.1) is 0 Å². The molecule has 0 amide bonds. The second-order valence-corrected chi connectivity index (χ2v) is 4.76. The second-order valence-electron chi connectivity index (χ2n) is 4.76. The van der Waals surface area contributed by atoms with E-state index in [1.165, 1.54) is 5.56 Å². The van der Waals surface area contributed by atoms with Gasteiger partial charge >= 0.3 is 0 Å². The van der Waals surface area contributed by atoms with Crippen LogP contribution in [-0.4, -0.2) is 5.78 Å². The van der Waals surface area contributed by atoms with Crippen LogP contribution >= 0.6 is 0 Å². The summed E-state index contributed by atoms with van der Waals surface area (Å²) in [5.74, 6) is 0.376. The number of ketones is 1. The van der Waals surface area contributed by atoms with E-state index in [4.69, 9.17) is 0 Å². The van der Waals surface area contributed by atoms with E-state index in [0.29, 0.717) is 12.2 Å². The van der Waals surface area contributed by atoms with Crippen LogP contribution in [0.4, 0.5) is 0 Å². The van der Waals surface area contributed by atoms with Crippen LogP contribution in [-0.2, 0) is 10.2 Å². The van der Waals surface area contributed by atoms with Gasteiger partial charge in [0.2, 0.25) is 0 Å². The van der Waals surface area contributed by atoms with Gasteiger partial charge in [0.15, 0.2) is 0 Å². The van der Waals surface area contributed by atoms with Crippen LogP contribution in [0.1, 0.15) is 51.5 Å². The molecule has 1 aromatic carbocycles. The van der Waals surface area contributed by atoms with E-state index < -0.39 is 0 Å². The van der Waals surface area contributed by atoms with Gasteiger partial charge in [-0.1, -0.05) is 50.3 Å². The number of hydrogen-bond donors (Lipinski definition) is 0. The summed E-state index contributed by atoms with van der Waals surface area (Å²) in [6.45, 7) is 7.93. The lowest BCUT2D eigenvalue weighted by molar-refractivity contribution is -0.125. The molecule has 1 heteroatoms. The summed E-state index contributed by atoms with van der Waals surface area (Å²) in [6, 6.07) is 10.2. The monoisotopic (exact) mass is 244 g/mol. The molecule has 98 valence electrons. The van der Waals surface area contributed by atoms with Crippen molar-refractivity contribution in [2.24, 2.45) is 0 Å². The molecular formula is C17H24O. The van der Waals surface area contributed by atoms with Gasteiger partial charge in [-0.15, -0.1) is 6.58 Å². The molecule has 0 aliphatic carbocycles. The van der Waals surface area contributed by atoms with Crippen molar-refractivity contribution in [1.82, 2.24) is 0 Å². The molecule has 1 nitrogen and oxygen atoms in total. The Hall–Kier alpha value is -1.37. The zero-order valence-corrected chi connectivity index (χ0v) is 11.6. The molecule has 18 heavy (non-hydrogen) atoms. The van der Waals surface area contributed by atoms with Crippen LogP contribution in [0.2, 0.25) is 0 Å². The van der Waals surface area contributed by atoms with Gasteiger partial charge in [-0.3, -0.25) is 4.79 Å². The van der Waals surface area contributed by atoms with Gasteiger partial charge in [0.25, 0.3) is 0 Å². The summed E-state index contributed by atoms with van der Waals surface area (Å²) < 4.78 is 0. The minimum Gasteiger partial charge on any atom is -0.299 e. The second kappa shape index (κ2) is 7.15. The molecule has 0 bridgehead atoms. The Morgan fingerprint density at radius 3 is 2.33 bits per heavy atom. The molecule has 0 unspecified atom stereocenters. The lowest BCUT2D eigenvalue weighted by atomic mass is 9.71. The number of benzene rings is 1.